The summed E-state index contributed by atoms with van der Waals surface area (Å²) in [7, 11) is 0. The SMILES string of the molecule is O=C(NC1CC1)N[C@H]1[C@@H]2C[C@@](O)(c3cc(Cl)cc4[nH]ncc34)C[C@@H]21. The van der Waals surface area contributed by atoms with E-state index in [1.165, 1.54) is 0 Å². The molecule has 7 heteroatoms. The minimum atomic E-state index is -0.895. The van der Waals surface area contributed by atoms with Crippen LogP contribution in [0.1, 0.15) is 31.2 Å². The highest BCUT2D eigenvalue weighted by molar-refractivity contribution is 6.31. The Kier molecular flexibility index (Phi) is 2.95. The van der Waals surface area contributed by atoms with E-state index in [1.807, 2.05) is 12.1 Å². The number of aromatic nitrogens is 2. The number of carbonyl (C=O) groups is 1. The number of nitrogens with zero attached hydrogens (tertiary/aromatic N) is 1. The number of fused-ring (bicyclic) bond motifs is 2. The zero-order valence-corrected chi connectivity index (χ0v) is 13.8. The molecule has 0 bridgehead atoms. The summed E-state index contributed by atoms with van der Waals surface area (Å²) >= 11 is 6.20. The second-order valence-electron chi connectivity index (χ2n) is 7.47. The number of H-pyrrole nitrogens is 1. The molecule has 0 spiro atoms. The van der Waals surface area contributed by atoms with E-state index in [0.717, 1.165) is 29.3 Å². The second kappa shape index (κ2) is 4.86. The van der Waals surface area contributed by atoms with E-state index >= 15 is 0 Å². The monoisotopic (exact) mass is 346 g/mol. The Hall–Kier alpha value is -1.79. The van der Waals surface area contributed by atoms with Crippen LogP contribution in [0.5, 0.6) is 0 Å². The van der Waals surface area contributed by atoms with E-state index in [1.54, 1.807) is 6.20 Å². The maximum atomic E-state index is 11.9. The van der Waals surface area contributed by atoms with Gasteiger partial charge < -0.3 is 15.7 Å². The third-order valence-electron chi connectivity index (χ3n) is 5.71. The Morgan fingerprint density at radius 1 is 1.29 bits per heavy atom. The van der Waals surface area contributed by atoms with Crippen molar-refractivity contribution >= 4 is 28.5 Å². The fourth-order valence-electron chi connectivity index (χ4n) is 4.31. The molecule has 5 rings (SSSR count). The van der Waals surface area contributed by atoms with Crippen molar-refractivity contribution in [2.45, 2.75) is 43.4 Å². The van der Waals surface area contributed by atoms with Crippen LogP contribution in [0.3, 0.4) is 0 Å². The fourth-order valence-corrected chi connectivity index (χ4v) is 4.52. The van der Waals surface area contributed by atoms with Gasteiger partial charge in [0, 0.05) is 22.5 Å². The number of rotatable bonds is 3. The maximum absolute atomic E-state index is 11.9. The van der Waals surface area contributed by atoms with Gasteiger partial charge in [-0.05, 0) is 55.2 Å². The molecule has 1 aromatic heterocycles. The highest BCUT2D eigenvalue weighted by atomic mass is 35.5. The number of aliphatic hydroxyl groups is 1. The summed E-state index contributed by atoms with van der Waals surface area (Å²) in [5, 5.41) is 25.7. The summed E-state index contributed by atoms with van der Waals surface area (Å²) in [6, 6.07) is 4.13. The summed E-state index contributed by atoms with van der Waals surface area (Å²) in [4.78, 5) is 11.9. The van der Waals surface area contributed by atoms with Gasteiger partial charge in [0.05, 0.1) is 17.3 Å². The van der Waals surface area contributed by atoms with Crippen LogP contribution in [0.2, 0.25) is 5.02 Å². The topological polar surface area (TPSA) is 90.0 Å². The second-order valence-corrected chi connectivity index (χ2v) is 7.91. The van der Waals surface area contributed by atoms with Crippen LogP contribution in [-0.2, 0) is 5.60 Å². The van der Waals surface area contributed by atoms with E-state index in [4.69, 9.17) is 11.6 Å². The molecule has 6 nitrogen and oxygen atoms in total. The minimum Gasteiger partial charge on any atom is -0.385 e. The van der Waals surface area contributed by atoms with Crippen molar-refractivity contribution in [3.8, 4) is 0 Å². The van der Waals surface area contributed by atoms with Crippen LogP contribution < -0.4 is 10.6 Å². The Morgan fingerprint density at radius 3 is 2.75 bits per heavy atom. The Morgan fingerprint density at radius 2 is 2.04 bits per heavy atom. The summed E-state index contributed by atoms with van der Waals surface area (Å²) in [5.41, 5.74) is 0.783. The smallest absolute Gasteiger partial charge is 0.315 e. The maximum Gasteiger partial charge on any atom is 0.315 e. The van der Waals surface area contributed by atoms with Gasteiger partial charge in [-0.25, -0.2) is 4.79 Å². The van der Waals surface area contributed by atoms with E-state index in [9.17, 15) is 9.90 Å². The van der Waals surface area contributed by atoms with E-state index in [2.05, 4.69) is 20.8 Å². The van der Waals surface area contributed by atoms with Gasteiger partial charge in [0.1, 0.15) is 0 Å². The molecule has 1 aromatic carbocycles. The van der Waals surface area contributed by atoms with Gasteiger partial charge >= 0.3 is 6.03 Å². The number of halogens is 1. The zero-order chi connectivity index (χ0) is 16.5. The number of nitrogens with one attached hydrogen (secondary N) is 3. The number of benzene rings is 1. The highest BCUT2D eigenvalue weighted by Crippen LogP contribution is 2.60. The molecule has 126 valence electrons. The number of urea groups is 1. The Labute approximate surface area is 144 Å². The molecule has 0 saturated heterocycles. The number of aromatic amines is 1. The van der Waals surface area contributed by atoms with E-state index < -0.39 is 5.60 Å². The van der Waals surface area contributed by atoms with Gasteiger partial charge in [0.25, 0.3) is 0 Å². The van der Waals surface area contributed by atoms with E-state index in [0.29, 0.717) is 35.7 Å². The minimum absolute atomic E-state index is 0.0691. The standard InChI is InChI=1S/C17H19ClN4O2/c18-8-3-13(12-7-19-22-14(12)4-8)17(24)5-10-11(6-17)15(10)21-16(23)20-9-1-2-9/h3-4,7,9-11,15,24H,1-2,5-6H2,(H,19,22)(H2,20,21,23)/t10-,11+,15+,17+. The summed E-state index contributed by atoms with van der Waals surface area (Å²) in [6.45, 7) is 0. The molecule has 4 atom stereocenters. The summed E-state index contributed by atoms with van der Waals surface area (Å²) in [6.07, 6.45) is 5.20. The third-order valence-corrected chi connectivity index (χ3v) is 5.93. The first kappa shape index (κ1) is 14.5. The van der Waals surface area contributed by atoms with Gasteiger partial charge in [0.15, 0.2) is 0 Å². The quantitative estimate of drug-likeness (QED) is 0.687. The molecule has 1 heterocycles. The van der Waals surface area contributed by atoms with Gasteiger partial charge in [0.2, 0.25) is 0 Å². The van der Waals surface area contributed by atoms with Crippen molar-refractivity contribution in [1.82, 2.24) is 20.8 Å². The van der Waals surface area contributed by atoms with E-state index in [-0.39, 0.29) is 12.1 Å². The lowest BCUT2D eigenvalue weighted by Gasteiger charge is -2.27. The average molecular weight is 347 g/mol. The molecule has 2 amide bonds. The molecule has 3 fully saturated rings. The zero-order valence-electron chi connectivity index (χ0n) is 13.1. The number of hydrogen-bond donors (Lipinski definition) is 4. The van der Waals surface area contributed by atoms with Gasteiger partial charge in [-0.2, -0.15) is 5.10 Å². The van der Waals surface area contributed by atoms with Crippen LogP contribution in [0.4, 0.5) is 4.79 Å². The van der Waals surface area contributed by atoms with Crippen molar-refractivity contribution < 1.29 is 9.90 Å². The molecule has 3 aliphatic carbocycles. The lowest BCUT2D eigenvalue weighted by molar-refractivity contribution is 0.0299. The largest absolute Gasteiger partial charge is 0.385 e. The predicted molar refractivity (Wildman–Crippen MR) is 89.7 cm³/mol. The fraction of sp³-hybridized carbons (Fsp3) is 0.529. The average Bonchev–Trinajstić information content (AvgIpc) is 3.33. The first-order valence-corrected chi connectivity index (χ1v) is 8.84. The Bertz CT molecular complexity index is 819. The molecule has 24 heavy (non-hydrogen) atoms. The summed E-state index contributed by atoms with van der Waals surface area (Å²) < 4.78 is 0. The normalized spacial score (nSPS) is 34.2. The van der Waals surface area contributed by atoms with Gasteiger partial charge in [-0.1, -0.05) is 11.6 Å². The van der Waals surface area contributed by atoms with Crippen LogP contribution in [-0.4, -0.2) is 33.4 Å². The first-order chi connectivity index (χ1) is 11.5. The molecule has 2 aromatic rings. The first-order valence-electron chi connectivity index (χ1n) is 8.46. The highest BCUT2D eigenvalue weighted by Gasteiger charge is 2.62. The molecule has 4 N–H and O–H groups in total. The van der Waals surface area contributed by atoms with Crippen LogP contribution in [0.25, 0.3) is 10.9 Å². The van der Waals surface area contributed by atoms with Crippen molar-refractivity contribution in [2.75, 3.05) is 0 Å². The van der Waals surface area contributed by atoms with Crippen LogP contribution >= 0.6 is 11.6 Å². The number of amides is 2. The van der Waals surface area contributed by atoms with Crippen LogP contribution in [0.15, 0.2) is 18.3 Å². The number of carbonyl (C=O) groups excluding carboxylic acids is 1. The molecule has 0 unspecified atom stereocenters. The molecule has 3 saturated carbocycles. The Balaban J connectivity index is 1.32. The van der Waals surface area contributed by atoms with Crippen LogP contribution in [0, 0.1) is 11.8 Å². The van der Waals surface area contributed by atoms with Crippen molar-refractivity contribution in [2.24, 2.45) is 11.8 Å². The molecular weight excluding hydrogens is 328 g/mol. The third kappa shape index (κ3) is 2.28. The lowest BCUT2D eigenvalue weighted by Crippen LogP contribution is -2.40. The van der Waals surface area contributed by atoms with Crippen molar-refractivity contribution in [3.63, 3.8) is 0 Å². The molecule has 0 aliphatic heterocycles. The molecular formula is C17H19ClN4O2. The van der Waals surface area contributed by atoms with Gasteiger partial charge in [-0.15, -0.1) is 0 Å². The molecule has 0 radical (unpaired) electrons. The number of hydrogen-bond acceptors (Lipinski definition) is 3. The van der Waals surface area contributed by atoms with Gasteiger partial charge in [-0.3, -0.25) is 5.10 Å². The summed E-state index contributed by atoms with van der Waals surface area (Å²) in [5.74, 6) is 0.668. The van der Waals surface area contributed by atoms with Crippen molar-refractivity contribution in [3.05, 3.63) is 28.9 Å². The molecule has 3 aliphatic rings. The van der Waals surface area contributed by atoms with Crippen molar-refractivity contribution in [1.29, 1.82) is 0 Å². The predicted octanol–water partition coefficient (Wildman–Crippen LogP) is 2.27. The lowest BCUT2D eigenvalue weighted by atomic mass is 9.86.